The van der Waals surface area contributed by atoms with Crippen LogP contribution in [0.3, 0.4) is 0 Å². The van der Waals surface area contributed by atoms with E-state index in [2.05, 4.69) is 50.3 Å². The Bertz CT molecular complexity index is 868. The van der Waals surface area contributed by atoms with Gasteiger partial charge < -0.3 is 9.84 Å². The Morgan fingerprint density at radius 3 is 2.69 bits per heavy atom. The van der Waals surface area contributed by atoms with E-state index in [4.69, 9.17) is 4.74 Å². The van der Waals surface area contributed by atoms with E-state index in [1.54, 1.807) is 11.1 Å². The normalized spacial score (nSPS) is 36.2. The number of allylic oxidation sites excluding steroid dienone is 3. The van der Waals surface area contributed by atoms with Crippen molar-refractivity contribution in [2.24, 2.45) is 23.2 Å². The minimum absolute atomic E-state index is 0.108. The van der Waals surface area contributed by atoms with Crippen LogP contribution in [0.15, 0.2) is 53.3 Å². The Balaban J connectivity index is 1.37. The fourth-order valence-electron chi connectivity index (χ4n) is 8.24. The second-order valence-electron chi connectivity index (χ2n) is 11.0. The van der Waals surface area contributed by atoms with E-state index in [1.807, 2.05) is 0 Å². The molecule has 0 radical (unpaired) electrons. The first-order valence-corrected chi connectivity index (χ1v) is 13.4. The van der Waals surface area contributed by atoms with E-state index in [1.165, 1.54) is 43.4 Å². The van der Waals surface area contributed by atoms with E-state index in [-0.39, 0.29) is 5.41 Å². The summed E-state index contributed by atoms with van der Waals surface area (Å²) in [6, 6.07) is 11.0. The van der Waals surface area contributed by atoms with Crippen molar-refractivity contribution in [3.8, 4) is 0 Å². The molecule has 2 nitrogen and oxygen atoms in total. The van der Waals surface area contributed by atoms with Crippen molar-refractivity contribution >= 4 is 0 Å². The molecule has 2 saturated carbocycles. The molecule has 0 bridgehead atoms. The van der Waals surface area contributed by atoms with Crippen LogP contribution >= 0.6 is 0 Å². The smallest absolute Gasteiger partial charge is 0.0963 e. The molecule has 4 aliphatic rings. The number of hydrogen-bond acceptors (Lipinski definition) is 2. The molecule has 0 saturated heterocycles. The molecule has 2 fully saturated rings. The van der Waals surface area contributed by atoms with Gasteiger partial charge in [-0.15, -0.1) is 0 Å². The van der Waals surface area contributed by atoms with E-state index < -0.39 is 5.60 Å². The predicted octanol–water partition coefficient (Wildman–Crippen LogP) is 7.38. The van der Waals surface area contributed by atoms with Gasteiger partial charge in [0.15, 0.2) is 0 Å². The molecule has 1 N–H and O–H groups in total. The maximum Gasteiger partial charge on any atom is 0.0963 e. The maximum atomic E-state index is 11.9. The van der Waals surface area contributed by atoms with Crippen molar-refractivity contribution in [1.29, 1.82) is 0 Å². The highest BCUT2D eigenvalue weighted by Crippen LogP contribution is 2.66. The molecular formula is C30H42O2. The molecule has 1 aromatic rings. The van der Waals surface area contributed by atoms with Gasteiger partial charge in [0.2, 0.25) is 0 Å². The van der Waals surface area contributed by atoms with Crippen molar-refractivity contribution in [2.75, 3.05) is 6.61 Å². The number of hydrogen-bond donors (Lipinski definition) is 1. The average Bonchev–Trinajstić information content (AvgIpc) is 3.15. The fraction of sp³-hybridized carbons (Fsp3) is 0.667. The third-order valence-electron chi connectivity index (χ3n) is 9.84. The van der Waals surface area contributed by atoms with E-state index >= 15 is 0 Å². The van der Waals surface area contributed by atoms with Crippen molar-refractivity contribution < 1.29 is 9.84 Å². The van der Waals surface area contributed by atoms with Crippen molar-refractivity contribution in [3.63, 3.8) is 0 Å². The topological polar surface area (TPSA) is 29.5 Å². The second-order valence-corrected chi connectivity index (χ2v) is 11.0. The molecule has 2 heteroatoms. The first kappa shape index (κ1) is 22.3. The van der Waals surface area contributed by atoms with Crippen molar-refractivity contribution in [2.45, 2.75) is 96.5 Å². The van der Waals surface area contributed by atoms with Gasteiger partial charge in [-0.2, -0.15) is 0 Å². The Labute approximate surface area is 195 Å². The molecular weight excluding hydrogens is 392 g/mol. The van der Waals surface area contributed by atoms with E-state index in [9.17, 15) is 5.11 Å². The third kappa shape index (κ3) is 3.67. The lowest BCUT2D eigenvalue weighted by atomic mass is 9.50. The van der Waals surface area contributed by atoms with E-state index in [0.29, 0.717) is 5.92 Å². The number of fused-ring (bicyclic) bond motifs is 4. The van der Waals surface area contributed by atoms with Gasteiger partial charge in [-0.25, -0.2) is 0 Å². The first-order valence-electron chi connectivity index (χ1n) is 13.4. The van der Waals surface area contributed by atoms with Crippen molar-refractivity contribution in [1.82, 2.24) is 0 Å². The molecule has 0 aliphatic heterocycles. The zero-order valence-corrected chi connectivity index (χ0v) is 20.2. The summed E-state index contributed by atoms with van der Waals surface area (Å²) in [5.41, 5.74) is 4.52. The molecule has 0 amide bonds. The minimum Gasteiger partial charge on any atom is -0.498 e. The highest BCUT2D eigenvalue weighted by Gasteiger charge is 2.62. The monoisotopic (exact) mass is 434 g/mol. The molecule has 5 atom stereocenters. The Morgan fingerprint density at radius 1 is 1.06 bits per heavy atom. The molecule has 32 heavy (non-hydrogen) atoms. The quantitative estimate of drug-likeness (QED) is 0.454. The highest BCUT2D eigenvalue weighted by atomic mass is 16.5. The molecule has 1 aromatic carbocycles. The summed E-state index contributed by atoms with van der Waals surface area (Å²) in [4.78, 5) is 0. The molecule has 0 aromatic heterocycles. The van der Waals surface area contributed by atoms with Crippen LogP contribution < -0.4 is 0 Å². The maximum absolute atomic E-state index is 11.9. The lowest BCUT2D eigenvalue weighted by Gasteiger charge is -2.56. The minimum atomic E-state index is -0.473. The number of rotatable bonds is 7. The third-order valence-corrected chi connectivity index (χ3v) is 9.84. The Morgan fingerprint density at radius 2 is 1.91 bits per heavy atom. The largest absolute Gasteiger partial charge is 0.498 e. The van der Waals surface area contributed by atoms with Gasteiger partial charge in [0.1, 0.15) is 0 Å². The zero-order valence-electron chi connectivity index (χ0n) is 20.2. The molecule has 5 rings (SSSR count). The molecule has 0 spiro atoms. The standard InChI is InChI=1S/C30H42O2/c1-3-20-32-24-11-13-25-23(21-24)10-12-27-26(25)15-18-29(17-14-22-8-6-5-7-9-22)28(27)16-19-30(29,31)4-2/h5-9,11,26-28,31H,3-4,10,12-21H2,1-2H3/t26-,27-,28+,29+,30+/m1/s1. The van der Waals surface area contributed by atoms with Gasteiger partial charge in [-0.1, -0.05) is 55.3 Å². The summed E-state index contributed by atoms with van der Waals surface area (Å²) >= 11 is 0. The van der Waals surface area contributed by atoms with Crippen LogP contribution in [0.2, 0.25) is 0 Å². The summed E-state index contributed by atoms with van der Waals surface area (Å²) < 4.78 is 6.01. The summed E-state index contributed by atoms with van der Waals surface area (Å²) in [6.07, 6.45) is 16.1. The van der Waals surface area contributed by atoms with Gasteiger partial charge in [0.05, 0.1) is 18.0 Å². The fourth-order valence-corrected chi connectivity index (χ4v) is 8.24. The number of benzene rings is 1. The van der Waals surface area contributed by atoms with Crippen LogP contribution in [-0.2, 0) is 11.2 Å². The Hall–Kier alpha value is -1.54. The second kappa shape index (κ2) is 9.01. The van der Waals surface area contributed by atoms with Crippen LogP contribution in [0.4, 0.5) is 0 Å². The van der Waals surface area contributed by atoms with Crippen LogP contribution in [0, 0.1) is 23.2 Å². The number of aryl methyl sites for hydroxylation is 1. The van der Waals surface area contributed by atoms with Gasteiger partial charge in [-0.3, -0.25) is 0 Å². The van der Waals surface area contributed by atoms with Gasteiger partial charge in [0, 0.05) is 11.8 Å². The lowest BCUT2D eigenvalue weighted by Crippen LogP contribution is -2.53. The van der Waals surface area contributed by atoms with Gasteiger partial charge in [-0.05, 0) is 100 Å². The number of ether oxygens (including phenoxy) is 1. The Kier molecular flexibility index (Phi) is 6.27. The summed E-state index contributed by atoms with van der Waals surface area (Å²) in [6.45, 7) is 5.26. The van der Waals surface area contributed by atoms with Crippen LogP contribution in [0.5, 0.6) is 0 Å². The summed E-state index contributed by atoms with van der Waals surface area (Å²) in [7, 11) is 0. The highest BCUT2D eigenvalue weighted by molar-refractivity contribution is 5.33. The average molecular weight is 435 g/mol. The number of aliphatic hydroxyl groups is 1. The van der Waals surface area contributed by atoms with Crippen LogP contribution in [0.25, 0.3) is 0 Å². The molecule has 4 aliphatic carbocycles. The van der Waals surface area contributed by atoms with Gasteiger partial charge >= 0.3 is 0 Å². The molecule has 0 heterocycles. The van der Waals surface area contributed by atoms with Crippen molar-refractivity contribution in [3.05, 3.63) is 58.9 Å². The van der Waals surface area contributed by atoms with Crippen LogP contribution in [0.1, 0.15) is 90.0 Å². The molecule has 174 valence electrons. The summed E-state index contributed by atoms with van der Waals surface area (Å²) in [5.74, 6) is 3.42. The predicted molar refractivity (Wildman–Crippen MR) is 131 cm³/mol. The first-order chi connectivity index (χ1) is 15.6. The van der Waals surface area contributed by atoms with Crippen LogP contribution in [-0.4, -0.2) is 17.3 Å². The lowest BCUT2D eigenvalue weighted by molar-refractivity contribution is -0.124. The zero-order chi connectivity index (χ0) is 22.2. The molecule has 0 unspecified atom stereocenters. The van der Waals surface area contributed by atoms with E-state index in [0.717, 1.165) is 63.4 Å². The van der Waals surface area contributed by atoms with Gasteiger partial charge in [0.25, 0.3) is 0 Å². The SMILES string of the molecule is CCCOC1=CCC2=C(CC[C@@H]3[C@@H]2CC[C@@]2(CCc4ccccc4)[C@H]3CC[C@@]2(O)CC)C1. The summed E-state index contributed by atoms with van der Waals surface area (Å²) in [5, 5.41) is 11.9.